The Morgan fingerprint density at radius 1 is 0.619 bits per heavy atom. The average molecular weight is 920 g/mol. The Kier molecular flexibility index (Phi) is 39.0. The third kappa shape index (κ3) is 33.9. The third-order valence-electron chi connectivity index (χ3n) is 12.6. The van der Waals surface area contributed by atoms with E-state index in [0.717, 1.165) is 64.2 Å². The number of allylic oxidation sites excluding steroid dienone is 2. The Bertz CT molecular complexity index is 1180. The SMILES string of the molecule is CCCCCCCCC/C=C\CCCCCCCC(=O)NC(COC1OC(CO)C(O)C(OS(=O)(=O)O)C1O)C(O)CCCCCCCCCCCCCCCCCCCCCC. The minimum absolute atomic E-state index is 0.235. The highest BCUT2D eigenvalue weighted by atomic mass is 32.3. The van der Waals surface area contributed by atoms with Gasteiger partial charge in [-0.25, -0.2) is 4.18 Å². The molecule has 1 rings (SSSR count). The van der Waals surface area contributed by atoms with Crippen LogP contribution in [0.2, 0.25) is 0 Å². The Balaban J connectivity index is 2.42. The minimum Gasteiger partial charge on any atom is -0.394 e. The summed E-state index contributed by atoms with van der Waals surface area (Å²) in [5.41, 5.74) is 0. The zero-order valence-electron chi connectivity index (χ0n) is 40.2. The Morgan fingerprint density at radius 3 is 1.43 bits per heavy atom. The first-order chi connectivity index (χ1) is 30.5. The van der Waals surface area contributed by atoms with Gasteiger partial charge in [0.2, 0.25) is 5.91 Å². The van der Waals surface area contributed by atoms with E-state index in [-0.39, 0.29) is 18.9 Å². The molecule has 1 amide bonds. The molecule has 0 aromatic carbocycles. The van der Waals surface area contributed by atoms with Gasteiger partial charge in [0.25, 0.3) is 0 Å². The summed E-state index contributed by atoms with van der Waals surface area (Å²) < 4.78 is 47.8. The molecule has 1 heterocycles. The molecule has 0 spiro atoms. The van der Waals surface area contributed by atoms with Crippen LogP contribution in [-0.2, 0) is 28.9 Å². The molecule has 1 aliphatic rings. The normalized spacial score (nSPS) is 20.4. The number of unbranched alkanes of at least 4 members (excludes halogenated alkanes) is 31. The van der Waals surface area contributed by atoms with Gasteiger partial charge in [-0.05, 0) is 38.5 Å². The van der Waals surface area contributed by atoms with Gasteiger partial charge in [-0.15, -0.1) is 0 Å². The molecular formula is C50H97NO11S. The lowest BCUT2D eigenvalue weighted by molar-refractivity contribution is -0.298. The van der Waals surface area contributed by atoms with Crippen LogP contribution in [0.3, 0.4) is 0 Å². The second kappa shape index (κ2) is 41.1. The maximum atomic E-state index is 13.1. The topological polar surface area (TPSA) is 192 Å². The molecule has 0 radical (unpaired) electrons. The number of hydrogen-bond donors (Lipinski definition) is 6. The third-order valence-corrected chi connectivity index (χ3v) is 13.0. The number of amides is 1. The van der Waals surface area contributed by atoms with E-state index in [1.807, 2.05) is 0 Å². The van der Waals surface area contributed by atoms with Crippen LogP contribution < -0.4 is 5.32 Å². The summed E-state index contributed by atoms with van der Waals surface area (Å²) in [6.07, 6.45) is 37.8. The van der Waals surface area contributed by atoms with Crippen LogP contribution in [0.5, 0.6) is 0 Å². The number of hydrogen-bond acceptors (Lipinski definition) is 10. The van der Waals surface area contributed by atoms with Crippen molar-refractivity contribution in [2.75, 3.05) is 13.2 Å². The zero-order chi connectivity index (χ0) is 46.2. The quantitative estimate of drug-likeness (QED) is 0.0193. The van der Waals surface area contributed by atoms with Crippen molar-refractivity contribution in [1.29, 1.82) is 0 Å². The summed E-state index contributed by atoms with van der Waals surface area (Å²) in [5, 5.41) is 45.0. The molecule has 0 aliphatic carbocycles. The van der Waals surface area contributed by atoms with Crippen LogP contribution >= 0.6 is 0 Å². The fourth-order valence-corrected chi connectivity index (χ4v) is 9.02. The predicted molar refractivity (Wildman–Crippen MR) is 255 cm³/mol. The van der Waals surface area contributed by atoms with Gasteiger partial charge in [0.1, 0.15) is 24.4 Å². The van der Waals surface area contributed by atoms with E-state index >= 15 is 0 Å². The summed E-state index contributed by atoms with van der Waals surface area (Å²) >= 11 is 0. The standard InChI is InChI=1S/C50H97NO11S/c1-3-5-7-9-11-13-15-17-19-21-22-23-24-25-27-29-31-33-35-37-39-44(53)43(42-60-50-48(56)49(62-63(57,58)59)47(55)45(41-52)61-50)51-46(54)40-38-36-34-32-30-28-26-20-18-16-14-12-10-8-6-4-2/h20,26,43-45,47-50,52-53,55-56H,3-19,21-25,27-42H2,1-2H3,(H,51,54)(H,57,58,59)/b26-20-. The Morgan fingerprint density at radius 2 is 1.02 bits per heavy atom. The number of ether oxygens (including phenoxy) is 2. The molecule has 7 unspecified atom stereocenters. The fourth-order valence-electron chi connectivity index (χ4n) is 8.51. The van der Waals surface area contributed by atoms with Gasteiger partial charge in [-0.2, -0.15) is 8.42 Å². The summed E-state index contributed by atoms with van der Waals surface area (Å²) in [6, 6.07) is -0.859. The van der Waals surface area contributed by atoms with Crippen molar-refractivity contribution < 1.29 is 51.8 Å². The summed E-state index contributed by atoms with van der Waals surface area (Å²) in [6.45, 7) is 3.47. The van der Waals surface area contributed by atoms with E-state index < -0.39 is 59.9 Å². The van der Waals surface area contributed by atoms with Crippen LogP contribution in [-0.4, -0.2) is 95.4 Å². The van der Waals surface area contributed by atoms with Crippen molar-refractivity contribution >= 4 is 16.3 Å². The van der Waals surface area contributed by atoms with Crippen molar-refractivity contribution in [1.82, 2.24) is 5.32 Å². The summed E-state index contributed by atoms with van der Waals surface area (Å²) in [7, 11) is -5.08. The average Bonchev–Trinajstić information content (AvgIpc) is 3.25. The Hall–Kier alpha value is -1.16. The van der Waals surface area contributed by atoms with E-state index in [1.54, 1.807) is 0 Å². The number of aliphatic hydroxyl groups is 4. The highest BCUT2D eigenvalue weighted by Gasteiger charge is 2.48. The molecule has 1 saturated heterocycles. The zero-order valence-corrected chi connectivity index (χ0v) is 41.0. The second-order valence-electron chi connectivity index (χ2n) is 18.5. The molecule has 0 saturated carbocycles. The Labute approximate surface area is 385 Å². The molecule has 63 heavy (non-hydrogen) atoms. The van der Waals surface area contributed by atoms with Crippen LogP contribution in [0.15, 0.2) is 12.2 Å². The first-order valence-corrected chi connectivity index (χ1v) is 27.4. The van der Waals surface area contributed by atoms with E-state index in [0.29, 0.717) is 12.8 Å². The smallest absolute Gasteiger partial charge is 0.394 e. The van der Waals surface area contributed by atoms with Crippen molar-refractivity contribution in [3.05, 3.63) is 12.2 Å². The number of carbonyl (C=O) groups is 1. The first-order valence-electron chi connectivity index (χ1n) is 26.1. The van der Waals surface area contributed by atoms with Crippen LogP contribution in [0.25, 0.3) is 0 Å². The maximum Gasteiger partial charge on any atom is 0.397 e. The number of nitrogens with one attached hydrogen (secondary N) is 1. The highest BCUT2D eigenvalue weighted by molar-refractivity contribution is 7.80. The molecule has 1 fully saturated rings. The lowest BCUT2D eigenvalue weighted by Crippen LogP contribution is -2.61. The van der Waals surface area contributed by atoms with Crippen LogP contribution in [0, 0.1) is 0 Å². The maximum absolute atomic E-state index is 13.1. The van der Waals surface area contributed by atoms with E-state index in [4.69, 9.17) is 9.47 Å². The van der Waals surface area contributed by atoms with Gasteiger partial charge < -0.3 is 35.2 Å². The van der Waals surface area contributed by atoms with Crippen molar-refractivity contribution in [3.8, 4) is 0 Å². The minimum atomic E-state index is -5.08. The van der Waals surface area contributed by atoms with Crippen molar-refractivity contribution in [2.24, 2.45) is 0 Å². The predicted octanol–water partition coefficient (Wildman–Crippen LogP) is 11.1. The van der Waals surface area contributed by atoms with E-state index in [2.05, 4.69) is 35.5 Å². The van der Waals surface area contributed by atoms with Gasteiger partial charge in [-0.1, -0.05) is 212 Å². The van der Waals surface area contributed by atoms with Gasteiger partial charge in [0.15, 0.2) is 6.29 Å². The summed E-state index contributed by atoms with van der Waals surface area (Å²) in [5.74, 6) is -0.235. The van der Waals surface area contributed by atoms with Crippen molar-refractivity contribution in [2.45, 2.75) is 288 Å². The van der Waals surface area contributed by atoms with Gasteiger partial charge in [0.05, 0.1) is 25.4 Å². The van der Waals surface area contributed by atoms with Gasteiger partial charge in [-0.3, -0.25) is 9.35 Å². The molecule has 374 valence electrons. The molecule has 1 aliphatic heterocycles. The lowest BCUT2D eigenvalue weighted by Gasteiger charge is -2.41. The van der Waals surface area contributed by atoms with Crippen LogP contribution in [0.1, 0.15) is 245 Å². The molecule has 12 nitrogen and oxygen atoms in total. The molecule has 7 atom stereocenters. The first kappa shape index (κ1) is 59.9. The molecule has 13 heteroatoms. The van der Waals surface area contributed by atoms with E-state index in [1.165, 1.54) is 148 Å². The van der Waals surface area contributed by atoms with Crippen LogP contribution in [0.4, 0.5) is 0 Å². The van der Waals surface area contributed by atoms with E-state index in [9.17, 15) is 38.2 Å². The van der Waals surface area contributed by atoms with Gasteiger partial charge in [0, 0.05) is 6.42 Å². The molecule has 0 bridgehead atoms. The second-order valence-corrected chi connectivity index (χ2v) is 19.5. The molecule has 6 N–H and O–H groups in total. The van der Waals surface area contributed by atoms with Crippen molar-refractivity contribution in [3.63, 3.8) is 0 Å². The molecular weight excluding hydrogens is 823 g/mol. The summed E-state index contributed by atoms with van der Waals surface area (Å²) in [4.78, 5) is 13.1. The number of aliphatic hydroxyl groups excluding tert-OH is 4. The monoisotopic (exact) mass is 920 g/mol. The highest BCUT2D eigenvalue weighted by Crippen LogP contribution is 2.26. The molecule has 0 aromatic rings. The lowest BCUT2D eigenvalue weighted by atomic mass is 9.99. The fraction of sp³-hybridized carbons (Fsp3) is 0.940. The largest absolute Gasteiger partial charge is 0.397 e. The number of rotatable bonds is 45. The molecule has 0 aromatic heterocycles. The number of carbonyl (C=O) groups excluding carboxylic acids is 1. The van der Waals surface area contributed by atoms with Gasteiger partial charge >= 0.3 is 10.4 Å².